The highest BCUT2D eigenvalue weighted by Gasteiger charge is 2.54. The zero-order chi connectivity index (χ0) is 29.3. The second-order valence-electron chi connectivity index (χ2n) is 9.10. The lowest BCUT2D eigenvalue weighted by atomic mass is 10.0. The maximum Gasteiger partial charge on any atom is 0.352 e. The number of aliphatic carboxylic acids is 1. The number of fused-ring (bicyclic) bond motifs is 1. The monoisotopic (exact) mass is 600 g/mol. The van der Waals surface area contributed by atoms with Crippen LogP contribution in [0.2, 0.25) is 0 Å². The summed E-state index contributed by atoms with van der Waals surface area (Å²) in [5.41, 5.74) is 0.296. The van der Waals surface area contributed by atoms with Crippen molar-refractivity contribution >= 4 is 47.2 Å². The van der Waals surface area contributed by atoms with Crippen molar-refractivity contribution in [1.82, 2.24) is 50.5 Å². The molecule has 41 heavy (non-hydrogen) atoms. The van der Waals surface area contributed by atoms with Crippen LogP contribution >= 0.6 is 23.5 Å². The van der Waals surface area contributed by atoms with E-state index in [1.807, 2.05) is 0 Å². The van der Waals surface area contributed by atoms with Gasteiger partial charge in [-0.1, -0.05) is 42.1 Å². The molecule has 0 aliphatic carbocycles. The first kappa shape index (κ1) is 28.1. The Morgan fingerprint density at radius 3 is 2.63 bits per heavy atom. The van der Waals surface area contributed by atoms with Gasteiger partial charge in [-0.15, -0.1) is 16.9 Å². The van der Waals surface area contributed by atoms with Crippen molar-refractivity contribution in [2.45, 2.75) is 36.1 Å². The van der Waals surface area contributed by atoms with Gasteiger partial charge in [-0.3, -0.25) is 23.9 Å². The van der Waals surface area contributed by atoms with Gasteiger partial charge in [0.25, 0.3) is 5.91 Å². The van der Waals surface area contributed by atoms with Crippen molar-refractivity contribution in [2.24, 2.45) is 7.05 Å². The molecule has 1 aromatic carbocycles. The number of benzene rings is 1. The molecule has 16 nitrogen and oxygen atoms in total. The van der Waals surface area contributed by atoms with Crippen molar-refractivity contribution in [2.75, 3.05) is 11.5 Å². The van der Waals surface area contributed by atoms with E-state index in [2.05, 4.69) is 36.4 Å². The molecule has 2 aliphatic rings. The van der Waals surface area contributed by atoms with Crippen LogP contribution in [0.25, 0.3) is 0 Å². The minimum atomic E-state index is -1.25. The fourth-order valence-electron chi connectivity index (χ4n) is 4.40. The Balaban J connectivity index is 1.30. The van der Waals surface area contributed by atoms with E-state index in [4.69, 9.17) is 0 Å². The third-order valence-electron chi connectivity index (χ3n) is 6.46. The van der Waals surface area contributed by atoms with Crippen molar-refractivity contribution in [3.8, 4) is 0 Å². The van der Waals surface area contributed by atoms with Crippen LogP contribution in [0.4, 0.5) is 0 Å². The van der Waals surface area contributed by atoms with Crippen LogP contribution in [-0.4, -0.2) is 91.6 Å². The first-order chi connectivity index (χ1) is 19.7. The largest absolute Gasteiger partial charge is 0.477 e. The van der Waals surface area contributed by atoms with Crippen LogP contribution in [-0.2, 0) is 32.8 Å². The fourth-order valence-corrected chi connectivity index (χ4v) is 6.74. The van der Waals surface area contributed by atoms with E-state index in [0.29, 0.717) is 27.9 Å². The topological polar surface area (TPSA) is 210 Å². The summed E-state index contributed by atoms with van der Waals surface area (Å²) >= 11 is 2.58. The number of nitrogens with one attached hydrogen (secondary N) is 3. The number of carboxylic acid groups (broad SMARTS) is 1. The van der Waals surface area contributed by atoms with Crippen molar-refractivity contribution in [3.63, 3.8) is 0 Å². The molecular formula is C23H24N10O6S2. The molecular weight excluding hydrogens is 576 g/mol. The van der Waals surface area contributed by atoms with Gasteiger partial charge >= 0.3 is 11.7 Å². The number of carboxylic acids is 1. The number of thioether (sulfide) groups is 2. The Morgan fingerprint density at radius 1 is 1.24 bits per heavy atom. The van der Waals surface area contributed by atoms with Gasteiger partial charge < -0.3 is 15.7 Å². The Kier molecular flexibility index (Phi) is 7.93. The van der Waals surface area contributed by atoms with Crippen molar-refractivity contribution in [3.05, 3.63) is 63.5 Å². The average Bonchev–Trinajstić information content (AvgIpc) is 3.52. The smallest absolute Gasteiger partial charge is 0.352 e. The molecule has 2 unspecified atom stereocenters. The lowest BCUT2D eigenvalue weighted by molar-refractivity contribution is -0.151. The average molecular weight is 601 g/mol. The van der Waals surface area contributed by atoms with Gasteiger partial charge in [0, 0.05) is 18.6 Å². The second kappa shape index (κ2) is 11.6. The van der Waals surface area contributed by atoms with E-state index >= 15 is 0 Å². The molecule has 0 bridgehead atoms. The van der Waals surface area contributed by atoms with Crippen LogP contribution in [0.5, 0.6) is 0 Å². The highest BCUT2D eigenvalue weighted by molar-refractivity contribution is 8.01. The van der Waals surface area contributed by atoms with E-state index < -0.39 is 46.8 Å². The molecule has 4 heterocycles. The van der Waals surface area contributed by atoms with Crippen molar-refractivity contribution in [1.29, 1.82) is 0 Å². The lowest BCUT2D eigenvalue weighted by Gasteiger charge is -2.49. The maximum absolute atomic E-state index is 13.4. The second-order valence-corrected chi connectivity index (χ2v) is 11.1. The first-order valence-corrected chi connectivity index (χ1v) is 14.2. The van der Waals surface area contributed by atoms with Crippen LogP contribution in [0, 0.1) is 6.92 Å². The third-order valence-corrected chi connectivity index (χ3v) is 8.89. The molecule has 5 rings (SSSR count). The molecule has 2 aromatic heterocycles. The SMILES string of the molecule is Cc1n[nH]c(=O)n1CC(=O)NC(C(=O)NC1C(=O)N2C(C(=O)O)=C(CSc3nnnn3C)CS[C@@H]12)c1ccccc1. The highest BCUT2D eigenvalue weighted by Crippen LogP contribution is 2.41. The fraction of sp³-hybridized carbons (Fsp3) is 0.348. The number of H-pyrrole nitrogens is 1. The van der Waals surface area contributed by atoms with Crippen LogP contribution in [0.15, 0.2) is 51.6 Å². The summed E-state index contributed by atoms with van der Waals surface area (Å²) in [5, 5.41) is 32.3. The van der Waals surface area contributed by atoms with Crippen LogP contribution < -0.4 is 16.3 Å². The number of hydrogen-bond donors (Lipinski definition) is 4. The van der Waals surface area contributed by atoms with Gasteiger partial charge in [0.05, 0.1) is 0 Å². The van der Waals surface area contributed by atoms with Gasteiger partial charge in [0.2, 0.25) is 17.0 Å². The van der Waals surface area contributed by atoms with E-state index in [0.717, 1.165) is 4.57 Å². The Bertz CT molecular complexity index is 1600. The summed E-state index contributed by atoms with van der Waals surface area (Å²) in [6, 6.07) is 6.25. The van der Waals surface area contributed by atoms with E-state index in [1.54, 1.807) is 44.3 Å². The summed E-state index contributed by atoms with van der Waals surface area (Å²) in [7, 11) is 1.66. The zero-order valence-electron chi connectivity index (χ0n) is 21.7. The lowest BCUT2D eigenvalue weighted by Crippen LogP contribution is -2.71. The molecule has 214 valence electrons. The number of nitrogens with zero attached hydrogens (tertiary/aromatic N) is 7. The van der Waals surface area contributed by atoms with Crippen LogP contribution in [0.1, 0.15) is 17.4 Å². The number of carbonyl (C=O) groups excluding carboxylic acids is 3. The molecule has 18 heteroatoms. The maximum atomic E-state index is 13.4. The zero-order valence-corrected chi connectivity index (χ0v) is 23.3. The normalized spacial score (nSPS) is 18.9. The summed E-state index contributed by atoms with van der Waals surface area (Å²) in [6.45, 7) is 1.18. The number of β-lactam (4-membered cyclic amide) rings is 1. The Morgan fingerprint density at radius 2 is 2.00 bits per heavy atom. The van der Waals surface area contributed by atoms with Gasteiger partial charge in [-0.25, -0.2) is 19.4 Å². The molecule has 1 fully saturated rings. The molecule has 2 aliphatic heterocycles. The minimum Gasteiger partial charge on any atom is -0.477 e. The first-order valence-electron chi connectivity index (χ1n) is 12.2. The van der Waals surface area contributed by atoms with E-state index in [9.17, 15) is 29.1 Å². The quantitative estimate of drug-likeness (QED) is 0.160. The van der Waals surface area contributed by atoms with E-state index in [-0.39, 0.29) is 18.0 Å². The molecule has 0 spiro atoms. The predicted molar refractivity (Wildman–Crippen MR) is 144 cm³/mol. The number of tetrazole rings is 1. The molecule has 0 radical (unpaired) electrons. The summed E-state index contributed by atoms with van der Waals surface area (Å²) in [6.07, 6.45) is 0. The molecule has 3 aromatic rings. The molecule has 3 amide bonds. The number of amides is 3. The van der Waals surface area contributed by atoms with Gasteiger partial charge in [0.15, 0.2) is 0 Å². The molecule has 0 saturated carbocycles. The number of rotatable bonds is 10. The predicted octanol–water partition coefficient (Wildman–Crippen LogP) is -1.21. The number of hydrogen-bond acceptors (Lipinski definition) is 11. The van der Waals surface area contributed by atoms with Gasteiger partial charge in [0.1, 0.15) is 35.5 Å². The third kappa shape index (κ3) is 5.60. The summed E-state index contributed by atoms with van der Waals surface area (Å²) in [4.78, 5) is 64.7. The number of aryl methyl sites for hydroxylation is 2. The summed E-state index contributed by atoms with van der Waals surface area (Å²) in [5.74, 6) is -2.22. The Hall–Kier alpha value is -4.45. The van der Waals surface area contributed by atoms with Crippen molar-refractivity contribution < 1.29 is 24.3 Å². The molecule has 1 saturated heterocycles. The number of aromatic nitrogens is 7. The van der Waals surface area contributed by atoms with Gasteiger partial charge in [-0.05, 0) is 28.5 Å². The summed E-state index contributed by atoms with van der Waals surface area (Å²) < 4.78 is 2.58. The number of aromatic amines is 1. The highest BCUT2D eigenvalue weighted by atomic mass is 32.2. The molecule has 4 N–H and O–H groups in total. The Labute approximate surface area is 239 Å². The van der Waals surface area contributed by atoms with Crippen LogP contribution in [0.3, 0.4) is 0 Å². The molecule has 3 atom stereocenters. The van der Waals surface area contributed by atoms with Gasteiger partial charge in [-0.2, -0.15) is 5.10 Å². The number of carbonyl (C=O) groups is 4. The standard InChI is InChI=1S/C23H24N10O6S2/c1-11-26-27-22(39)32(11)8-14(34)24-15(12-6-4-3-5-7-12)18(35)25-16-19(36)33-17(21(37)38)13(9-40-20(16)33)10-41-23-28-29-30-31(23)2/h3-7,15-16,20H,8-10H2,1-2H3,(H,24,34)(H,25,35)(H,27,39)(H,37,38)/t15?,16?,20-/m0/s1. The minimum absolute atomic E-state index is 0.124. The van der Waals surface area contributed by atoms with E-state index in [1.165, 1.54) is 33.1 Å².